The minimum absolute atomic E-state index is 0.0201. The molecule has 12 heteroatoms. The number of aromatic amines is 1. The number of halogens is 1. The van der Waals surface area contributed by atoms with Gasteiger partial charge in [-0.3, -0.25) is 23.7 Å². The Hall–Kier alpha value is -3.68. The molecule has 11 nitrogen and oxygen atoms in total. The monoisotopic (exact) mass is 749 g/mol. The number of nitrogens with one attached hydrogen (secondary N) is 2. The van der Waals surface area contributed by atoms with Crippen LogP contribution in [0.2, 0.25) is 0 Å². The van der Waals surface area contributed by atoms with Crippen LogP contribution in [-0.2, 0) is 25.6 Å². The number of carbonyl (C=O) groups is 3. The largest absolute Gasteiger partial charge is 0.469 e. The first-order valence-corrected chi connectivity index (χ1v) is 17.0. The number of hydrogen-bond donors (Lipinski definition) is 3. The van der Waals surface area contributed by atoms with E-state index >= 15 is 0 Å². The van der Waals surface area contributed by atoms with Gasteiger partial charge in [0, 0.05) is 20.1 Å². The standard InChI is InChI=1S/C17H20N2O4.C16H22N2O3.CH3I/c1-23-16(21)12-8-6-11(7-9-12)10-19-15(20)13-4-2-3-5-14(13)18-17(19)22;1-21-16(20)12-8-6-11(7-9-12)10-18-15(19)13-4-2-3-5-14(13)17;1-2/h2-5,11-12H,6-10H2,1H3,(H,18,22);2-5,11-12H,6-10,17H2,1H3,(H,18,19);1H3/i;;1D. The van der Waals surface area contributed by atoms with Crippen molar-refractivity contribution in [2.45, 2.75) is 57.9 Å². The van der Waals surface area contributed by atoms with Crippen LogP contribution >= 0.6 is 22.6 Å². The smallest absolute Gasteiger partial charge is 0.328 e. The Balaban J connectivity index is 0.000000237. The fourth-order valence-electron chi connectivity index (χ4n) is 6.18. The van der Waals surface area contributed by atoms with Crippen molar-refractivity contribution < 1.29 is 25.2 Å². The Morgan fingerprint density at radius 1 is 0.891 bits per heavy atom. The van der Waals surface area contributed by atoms with Gasteiger partial charge in [-0.2, -0.15) is 0 Å². The number of esters is 2. The third-order valence-electron chi connectivity index (χ3n) is 8.85. The number of H-pyrrole nitrogens is 1. The number of fused-ring (bicyclic) bond motifs is 1. The number of benzene rings is 2. The quantitative estimate of drug-likeness (QED) is 0.136. The summed E-state index contributed by atoms with van der Waals surface area (Å²) >= 11 is 1.96. The van der Waals surface area contributed by atoms with E-state index in [1.165, 1.54) is 18.8 Å². The van der Waals surface area contributed by atoms with Crippen LogP contribution in [0.1, 0.15) is 63.1 Å². The lowest BCUT2D eigenvalue weighted by Crippen LogP contribution is -2.38. The lowest BCUT2D eigenvalue weighted by molar-refractivity contribution is -0.147. The van der Waals surface area contributed by atoms with Crippen molar-refractivity contribution >= 4 is 57.0 Å². The number of ether oxygens (including phenoxy) is 2. The number of nitrogens with zero attached hydrogens (tertiary/aromatic N) is 1. The van der Waals surface area contributed by atoms with Crippen molar-refractivity contribution in [3.8, 4) is 0 Å². The molecule has 0 bridgehead atoms. The lowest BCUT2D eigenvalue weighted by Gasteiger charge is -2.27. The number of amides is 1. The first kappa shape index (κ1) is 35.2. The van der Waals surface area contributed by atoms with E-state index < -0.39 is 0 Å². The van der Waals surface area contributed by atoms with Crippen LogP contribution in [0.4, 0.5) is 5.69 Å². The van der Waals surface area contributed by atoms with Gasteiger partial charge in [0.1, 0.15) is 0 Å². The molecule has 250 valence electrons. The molecule has 0 aliphatic heterocycles. The van der Waals surface area contributed by atoms with E-state index in [1.54, 1.807) is 48.5 Å². The van der Waals surface area contributed by atoms with E-state index in [0.717, 1.165) is 51.4 Å². The average Bonchev–Trinajstić information content (AvgIpc) is 3.09. The van der Waals surface area contributed by atoms with Gasteiger partial charge in [0.15, 0.2) is 0 Å². The molecule has 1 aromatic heterocycles. The number of para-hydroxylation sites is 2. The summed E-state index contributed by atoms with van der Waals surface area (Å²) in [6, 6.07) is 14.1. The lowest BCUT2D eigenvalue weighted by atomic mass is 9.82. The molecular formula is C34H45IN4O7. The van der Waals surface area contributed by atoms with E-state index in [1.807, 2.05) is 22.6 Å². The Bertz CT molecular complexity index is 1600. The summed E-state index contributed by atoms with van der Waals surface area (Å²) in [5, 5.41) is 3.46. The third-order valence-corrected chi connectivity index (χ3v) is 8.85. The Kier molecular flexibility index (Phi) is 14.1. The minimum atomic E-state index is -0.371. The second-order valence-electron chi connectivity index (χ2n) is 11.7. The van der Waals surface area contributed by atoms with Gasteiger partial charge in [-0.15, -0.1) is 0 Å². The minimum Gasteiger partial charge on any atom is -0.469 e. The number of hydrogen-bond acceptors (Lipinski definition) is 8. The first-order valence-electron chi connectivity index (χ1n) is 16.2. The molecular weight excluding hydrogens is 703 g/mol. The maximum atomic E-state index is 12.5. The van der Waals surface area contributed by atoms with Crippen LogP contribution in [-0.4, -0.2) is 53.1 Å². The normalized spacial score (nSPS) is 20.9. The highest BCUT2D eigenvalue weighted by atomic mass is 127. The number of nitrogens with two attached hydrogens (primary N) is 1. The highest BCUT2D eigenvalue weighted by Crippen LogP contribution is 2.30. The molecule has 3 aromatic rings. The molecule has 5 rings (SSSR count). The Morgan fingerprint density at radius 2 is 1.41 bits per heavy atom. The molecule has 2 aromatic carbocycles. The van der Waals surface area contributed by atoms with Gasteiger partial charge in [-0.25, -0.2) is 4.79 Å². The van der Waals surface area contributed by atoms with E-state index in [9.17, 15) is 24.0 Å². The first-order chi connectivity index (χ1) is 22.6. The summed E-state index contributed by atoms with van der Waals surface area (Å²) in [5.74, 6) is 0.201. The highest BCUT2D eigenvalue weighted by Gasteiger charge is 2.28. The van der Waals surface area contributed by atoms with Crippen LogP contribution in [0.15, 0.2) is 58.1 Å². The number of aromatic nitrogens is 2. The van der Waals surface area contributed by atoms with Crippen molar-refractivity contribution in [2.75, 3.05) is 31.4 Å². The highest BCUT2D eigenvalue weighted by molar-refractivity contribution is 14.1. The maximum absolute atomic E-state index is 12.5. The van der Waals surface area contributed by atoms with Gasteiger partial charge in [-0.05, 0) is 92.4 Å². The summed E-state index contributed by atoms with van der Waals surface area (Å²) in [6.07, 6.45) is 6.67. The van der Waals surface area contributed by atoms with Crippen molar-refractivity contribution in [2.24, 2.45) is 23.7 Å². The van der Waals surface area contributed by atoms with E-state index in [4.69, 9.17) is 16.6 Å². The maximum Gasteiger partial charge on any atom is 0.328 e. The van der Waals surface area contributed by atoms with Crippen molar-refractivity contribution in [1.29, 1.82) is 0 Å². The Morgan fingerprint density at radius 3 is 1.98 bits per heavy atom. The summed E-state index contributed by atoms with van der Waals surface area (Å²) in [6.45, 7) is 1.02. The zero-order valence-corrected chi connectivity index (χ0v) is 28.6. The van der Waals surface area contributed by atoms with Crippen LogP contribution < -0.4 is 22.3 Å². The zero-order valence-electron chi connectivity index (χ0n) is 27.5. The molecule has 0 atom stereocenters. The van der Waals surface area contributed by atoms with Crippen molar-refractivity contribution in [3.63, 3.8) is 0 Å². The molecule has 2 aliphatic carbocycles. The molecule has 1 heterocycles. The average molecular weight is 750 g/mol. The second-order valence-corrected chi connectivity index (χ2v) is 11.7. The molecule has 0 unspecified atom stereocenters. The predicted molar refractivity (Wildman–Crippen MR) is 187 cm³/mol. The number of nitrogen functional groups attached to an aromatic ring is 1. The Labute approximate surface area is 284 Å². The third kappa shape index (κ3) is 9.91. The number of methoxy groups -OCH3 is 2. The van der Waals surface area contributed by atoms with E-state index in [-0.39, 0.29) is 46.8 Å². The number of anilines is 1. The molecule has 0 spiro atoms. The molecule has 1 amide bonds. The molecule has 0 saturated heterocycles. The number of carbonyl (C=O) groups excluding carboxylic acids is 3. The van der Waals surface area contributed by atoms with Crippen LogP contribution in [0.3, 0.4) is 0 Å². The van der Waals surface area contributed by atoms with Gasteiger partial charge >= 0.3 is 17.6 Å². The molecule has 46 heavy (non-hydrogen) atoms. The molecule has 2 fully saturated rings. The van der Waals surface area contributed by atoms with Crippen LogP contribution in [0.25, 0.3) is 10.9 Å². The molecule has 2 saturated carbocycles. The van der Waals surface area contributed by atoms with Crippen LogP contribution in [0.5, 0.6) is 0 Å². The van der Waals surface area contributed by atoms with Gasteiger partial charge in [0.2, 0.25) is 0 Å². The molecule has 0 radical (unpaired) electrons. The SMILES string of the molecule is COC(=O)C1CCC(CNC(=O)c2ccccc2N)CC1.COC(=O)C1CCC(Cn2c(=O)[nH]c3ccccc3c2=O)CC1.[2H]CI. The molecule has 2 aliphatic rings. The van der Waals surface area contributed by atoms with Gasteiger partial charge in [-0.1, -0.05) is 46.9 Å². The van der Waals surface area contributed by atoms with Crippen molar-refractivity contribution in [3.05, 3.63) is 74.9 Å². The van der Waals surface area contributed by atoms with E-state index in [2.05, 4.69) is 10.3 Å². The number of alkyl halides is 1. The fraction of sp³-hybridized carbons (Fsp3) is 0.500. The predicted octanol–water partition coefficient (Wildman–Crippen LogP) is 4.70. The summed E-state index contributed by atoms with van der Waals surface area (Å²) in [5.41, 5.74) is 6.73. The summed E-state index contributed by atoms with van der Waals surface area (Å²) < 4.78 is 17.0. The van der Waals surface area contributed by atoms with E-state index in [0.29, 0.717) is 46.1 Å². The van der Waals surface area contributed by atoms with Crippen LogP contribution in [0, 0.1) is 23.7 Å². The van der Waals surface area contributed by atoms with Crippen molar-refractivity contribution in [1.82, 2.24) is 14.9 Å². The van der Waals surface area contributed by atoms with Gasteiger partial charge in [0.05, 0.1) is 42.5 Å². The van der Waals surface area contributed by atoms with Gasteiger partial charge in [0.25, 0.3) is 11.5 Å². The van der Waals surface area contributed by atoms with Gasteiger partial charge < -0.3 is 25.5 Å². The fourth-order valence-corrected chi connectivity index (χ4v) is 6.18. The number of rotatable bonds is 7. The second kappa shape index (κ2) is 18.5. The summed E-state index contributed by atoms with van der Waals surface area (Å²) in [4.78, 5) is 63.0. The zero-order chi connectivity index (χ0) is 34.3. The summed E-state index contributed by atoms with van der Waals surface area (Å²) in [7, 11) is 2.83. The topological polar surface area (TPSA) is 163 Å². The molecule has 4 N–H and O–H groups in total.